The number of epoxide rings is 1. The Kier molecular flexibility index (Phi) is 10.5. The Bertz CT molecular complexity index is 372. The third kappa shape index (κ3) is 9.60. The number of nitrogens with zero attached hydrogens (tertiary/aromatic N) is 1. The molecular weight excluding hydrogens is 310 g/mol. The molecule has 3 N–H and O–H groups in total. The lowest BCUT2D eigenvalue weighted by atomic mass is 10.0. The van der Waals surface area contributed by atoms with Crippen LogP contribution in [0.4, 0.5) is 0 Å². The van der Waals surface area contributed by atoms with E-state index in [2.05, 4.69) is 17.2 Å². The fourth-order valence-electron chi connectivity index (χ4n) is 3.82. The first-order valence-corrected chi connectivity index (χ1v) is 11.0. The van der Waals surface area contributed by atoms with Crippen LogP contribution in [0, 0.1) is 0 Å². The Morgan fingerprint density at radius 3 is 2.00 bits per heavy atom. The van der Waals surface area contributed by atoms with E-state index < -0.39 is 0 Å². The van der Waals surface area contributed by atoms with Gasteiger partial charge in [0.25, 0.3) is 0 Å². The van der Waals surface area contributed by atoms with E-state index in [1.54, 1.807) is 0 Å². The molecule has 4 nitrogen and oxygen atoms in total. The van der Waals surface area contributed by atoms with Crippen molar-refractivity contribution in [2.45, 2.75) is 122 Å². The zero-order valence-electron chi connectivity index (χ0n) is 16.5. The molecule has 0 spiro atoms. The number of amidine groups is 1. The van der Waals surface area contributed by atoms with Crippen LogP contribution in [-0.4, -0.2) is 30.8 Å². The third-order valence-corrected chi connectivity index (χ3v) is 5.51. The molecule has 0 radical (unpaired) electrons. The molecule has 4 heteroatoms. The molecule has 3 atom stereocenters. The SMILES string of the molecule is CCCCCCCCC1OC1CCCCCCCCC1=NCC(N)N1. The summed E-state index contributed by atoms with van der Waals surface area (Å²) in [7, 11) is 0. The Hall–Kier alpha value is -0.610. The summed E-state index contributed by atoms with van der Waals surface area (Å²) in [6.45, 7) is 3.03. The van der Waals surface area contributed by atoms with Crippen molar-refractivity contribution in [3.8, 4) is 0 Å². The molecule has 1 saturated heterocycles. The maximum absolute atomic E-state index is 5.83. The van der Waals surface area contributed by atoms with Gasteiger partial charge in [-0.1, -0.05) is 77.6 Å². The van der Waals surface area contributed by atoms with Crippen LogP contribution < -0.4 is 11.1 Å². The van der Waals surface area contributed by atoms with E-state index in [-0.39, 0.29) is 6.17 Å². The first-order chi connectivity index (χ1) is 12.3. The molecule has 0 aromatic rings. The minimum absolute atomic E-state index is 0.0597. The van der Waals surface area contributed by atoms with Gasteiger partial charge in [-0.25, -0.2) is 0 Å². The molecule has 0 aromatic heterocycles. The Morgan fingerprint density at radius 1 is 0.880 bits per heavy atom. The van der Waals surface area contributed by atoms with Crippen molar-refractivity contribution in [3.63, 3.8) is 0 Å². The van der Waals surface area contributed by atoms with Crippen LogP contribution >= 0.6 is 0 Å². The molecule has 25 heavy (non-hydrogen) atoms. The van der Waals surface area contributed by atoms with E-state index in [1.807, 2.05) is 0 Å². The third-order valence-electron chi connectivity index (χ3n) is 5.51. The minimum atomic E-state index is 0.0597. The van der Waals surface area contributed by atoms with E-state index in [0.717, 1.165) is 18.8 Å². The van der Waals surface area contributed by atoms with Gasteiger partial charge in [0.05, 0.1) is 30.8 Å². The molecule has 2 heterocycles. The molecule has 146 valence electrons. The minimum Gasteiger partial charge on any atom is -0.370 e. The summed E-state index contributed by atoms with van der Waals surface area (Å²) < 4.78 is 5.83. The van der Waals surface area contributed by atoms with E-state index in [0.29, 0.717) is 12.2 Å². The molecular formula is C21H41N3O. The first kappa shape index (κ1) is 20.7. The number of rotatable bonds is 16. The predicted octanol–water partition coefficient (Wildman–Crippen LogP) is 4.91. The van der Waals surface area contributed by atoms with Gasteiger partial charge in [-0.2, -0.15) is 0 Å². The van der Waals surface area contributed by atoms with Gasteiger partial charge >= 0.3 is 0 Å². The highest BCUT2D eigenvalue weighted by Gasteiger charge is 2.36. The number of aliphatic imine (C=N–C) groups is 1. The first-order valence-electron chi connectivity index (χ1n) is 11.0. The molecule has 2 aliphatic heterocycles. The Labute approximate surface area is 155 Å². The molecule has 0 aromatic carbocycles. The molecule has 0 amide bonds. The average Bonchev–Trinajstić information content (AvgIpc) is 3.23. The topological polar surface area (TPSA) is 62.9 Å². The average molecular weight is 352 g/mol. The van der Waals surface area contributed by atoms with Crippen molar-refractivity contribution in [3.05, 3.63) is 0 Å². The quantitative estimate of drug-likeness (QED) is 0.307. The lowest BCUT2D eigenvalue weighted by molar-refractivity contribution is 0.347. The van der Waals surface area contributed by atoms with Gasteiger partial charge in [0.1, 0.15) is 0 Å². The summed E-state index contributed by atoms with van der Waals surface area (Å²) in [6, 6.07) is 0. The number of nitrogens with two attached hydrogens (primary N) is 1. The van der Waals surface area contributed by atoms with Crippen molar-refractivity contribution >= 4 is 5.84 Å². The Balaban J connectivity index is 1.28. The van der Waals surface area contributed by atoms with Crippen LogP contribution in [-0.2, 0) is 4.74 Å². The fraction of sp³-hybridized carbons (Fsp3) is 0.952. The van der Waals surface area contributed by atoms with Crippen molar-refractivity contribution in [2.24, 2.45) is 10.7 Å². The van der Waals surface area contributed by atoms with Crippen molar-refractivity contribution < 1.29 is 4.74 Å². The van der Waals surface area contributed by atoms with Crippen LogP contribution in [0.25, 0.3) is 0 Å². The number of hydrogen-bond acceptors (Lipinski definition) is 4. The van der Waals surface area contributed by atoms with Crippen molar-refractivity contribution in [1.82, 2.24) is 5.32 Å². The van der Waals surface area contributed by atoms with Gasteiger partial charge in [-0.05, 0) is 19.3 Å². The van der Waals surface area contributed by atoms with E-state index in [4.69, 9.17) is 10.5 Å². The smallest absolute Gasteiger partial charge is 0.0977 e. The van der Waals surface area contributed by atoms with Gasteiger partial charge in [0.2, 0.25) is 0 Å². The lowest BCUT2D eigenvalue weighted by Crippen LogP contribution is -2.37. The summed E-state index contributed by atoms with van der Waals surface area (Å²) in [5.74, 6) is 1.12. The van der Waals surface area contributed by atoms with E-state index >= 15 is 0 Å². The highest BCUT2D eigenvalue weighted by atomic mass is 16.6. The van der Waals surface area contributed by atoms with Gasteiger partial charge in [0.15, 0.2) is 0 Å². The standard InChI is InChI=1S/C21H41N3O/c1-2-3-4-5-8-11-14-18-19(25-18)15-12-9-6-7-10-13-16-21-23-17-20(22)24-21/h18-20H,2-17,22H2,1H3,(H,23,24). The largest absolute Gasteiger partial charge is 0.370 e. The second kappa shape index (κ2) is 12.7. The second-order valence-electron chi connectivity index (χ2n) is 7.97. The number of nitrogens with one attached hydrogen (secondary N) is 1. The molecule has 0 aliphatic carbocycles. The van der Waals surface area contributed by atoms with Gasteiger partial charge in [-0.15, -0.1) is 0 Å². The summed E-state index contributed by atoms with van der Waals surface area (Å²) in [4.78, 5) is 4.40. The summed E-state index contributed by atoms with van der Waals surface area (Å²) in [6.07, 6.45) is 21.3. The molecule has 1 fully saturated rings. The zero-order chi connectivity index (χ0) is 17.7. The monoisotopic (exact) mass is 351 g/mol. The summed E-state index contributed by atoms with van der Waals surface area (Å²) >= 11 is 0. The van der Waals surface area contributed by atoms with Crippen LogP contribution in [0.2, 0.25) is 0 Å². The number of ether oxygens (including phenoxy) is 1. The molecule has 2 rings (SSSR count). The molecule has 0 saturated carbocycles. The van der Waals surface area contributed by atoms with E-state index in [9.17, 15) is 0 Å². The lowest BCUT2D eigenvalue weighted by Gasteiger charge is -2.05. The fourth-order valence-corrected chi connectivity index (χ4v) is 3.82. The van der Waals surface area contributed by atoms with Gasteiger partial charge < -0.3 is 15.8 Å². The Morgan fingerprint density at radius 2 is 1.44 bits per heavy atom. The molecule has 2 aliphatic rings. The number of hydrogen-bond donors (Lipinski definition) is 2. The molecule has 3 unspecified atom stereocenters. The highest BCUT2D eigenvalue weighted by molar-refractivity contribution is 5.83. The number of unbranched alkanes of at least 4 members (excludes halogenated alkanes) is 10. The van der Waals surface area contributed by atoms with Crippen LogP contribution in [0.1, 0.15) is 103 Å². The van der Waals surface area contributed by atoms with Crippen LogP contribution in [0.15, 0.2) is 4.99 Å². The van der Waals surface area contributed by atoms with Crippen molar-refractivity contribution in [1.29, 1.82) is 0 Å². The normalized spacial score (nSPS) is 25.0. The second-order valence-corrected chi connectivity index (χ2v) is 7.97. The molecule has 0 bridgehead atoms. The maximum atomic E-state index is 5.83. The van der Waals surface area contributed by atoms with Crippen LogP contribution in [0.3, 0.4) is 0 Å². The highest BCUT2D eigenvalue weighted by Crippen LogP contribution is 2.31. The predicted molar refractivity (Wildman–Crippen MR) is 107 cm³/mol. The summed E-state index contributed by atoms with van der Waals surface area (Å²) in [5.41, 5.74) is 5.77. The maximum Gasteiger partial charge on any atom is 0.0977 e. The van der Waals surface area contributed by atoms with Gasteiger partial charge in [0, 0.05) is 6.42 Å². The van der Waals surface area contributed by atoms with E-state index in [1.165, 1.54) is 89.9 Å². The van der Waals surface area contributed by atoms with Gasteiger partial charge in [-0.3, -0.25) is 4.99 Å². The zero-order valence-corrected chi connectivity index (χ0v) is 16.5. The van der Waals surface area contributed by atoms with Crippen LogP contribution in [0.5, 0.6) is 0 Å². The summed E-state index contributed by atoms with van der Waals surface area (Å²) in [5, 5.41) is 3.23. The van der Waals surface area contributed by atoms with Crippen molar-refractivity contribution in [2.75, 3.05) is 6.54 Å².